The molecule has 6 heteroatoms. The second-order valence-corrected chi connectivity index (χ2v) is 4.84. The van der Waals surface area contributed by atoms with E-state index in [0.717, 1.165) is 18.3 Å². The van der Waals surface area contributed by atoms with Crippen LogP contribution in [0.15, 0.2) is 0 Å². The first-order chi connectivity index (χ1) is 7.44. The van der Waals surface area contributed by atoms with E-state index in [4.69, 9.17) is 0 Å². The summed E-state index contributed by atoms with van der Waals surface area (Å²) in [6, 6.07) is 0.425. The average molecular weight is 304 g/mol. The molecule has 0 amide bonds. The number of nitrogens with zero attached hydrogens (tertiary/aromatic N) is 1. The van der Waals surface area contributed by atoms with E-state index in [1.807, 2.05) is 0 Å². The molecule has 1 aliphatic heterocycles. The lowest BCUT2D eigenvalue weighted by atomic mass is 10.1. The van der Waals surface area contributed by atoms with Gasteiger partial charge in [-0.05, 0) is 18.9 Å². The molecule has 0 aromatic carbocycles. The molecular weight excluding hydrogens is 287 g/mol. The Morgan fingerprint density at radius 1 is 1.44 bits per heavy atom. The first-order valence-corrected chi connectivity index (χ1v) is 6.50. The Kier molecular flexibility index (Phi) is 5.53. The maximum atomic E-state index is 11.8. The Morgan fingerprint density at radius 2 is 2.12 bits per heavy atom. The number of likely N-dealkylation sites (tertiary alicyclic amines) is 1. The van der Waals surface area contributed by atoms with Gasteiger partial charge < -0.3 is 4.74 Å². The van der Waals surface area contributed by atoms with Crippen molar-refractivity contribution in [2.75, 3.05) is 31.6 Å². The molecule has 0 aromatic rings. The molecule has 1 aliphatic rings. The third-order valence-corrected chi connectivity index (χ3v) is 3.61. The molecule has 0 N–H and O–H groups in total. The van der Waals surface area contributed by atoms with Crippen LogP contribution in [0.1, 0.15) is 13.3 Å². The quantitative estimate of drug-likeness (QED) is 0.572. The lowest BCUT2D eigenvalue weighted by molar-refractivity contribution is -0.174. The van der Waals surface area contributed by atoms with Gasteiger partial charge in [-0.1, -0.05) is 22.9 Å². The summed E-state index contributed by atoms with van der Waals surface area (Å²) in [6.45, 7) is 2.71. The normalized spacial score (nSPS) is 27.6. The minimum absolute atomic E-state index is 0.149. The van der Waals surface area contributed by atoms with Gasteiger partial charge >= 0.3 is 6.18 Å². The Labute approximate surface area is 102 Å². The molecule has 2 unspecified atom stereocenters. The van der Waals surface area contributed by atoms with Gasteiger partial charge in [0.1, 0.15) is 6.61 Å². The van der Waals surface area contributed by atoms with E-state index in [1.165, 1.54) is 0 Å². The summed E-state index contributed by atoms with van der Waals surface area (Å²) in [7, 11) is 0. The first kappa shape index (κ1) is 14.3. The predicted octanol–water partition coefficient (Wildman–Crippen LogP) is 2.67. The topological polar surface area (TPSA) is 12.5 Å². The van der Waals surface area contributed by atoms with Gasteiger partial charge in [0.25, 0.3) is 0 Å². The van der Waals surface area contributed by atoms with E-state index in [0.29, 0.717) is 18.5 Å². The number of rotatable bonds is 5. The Morgan fingerprint density at radius 3 is 2.69 bits per heavy atom. The highest BCUT2D eigenvalue weighted by Crippen LogP contribution is 2.24. The molecule has 16 heavy (non-hydrogen) atoms. The summed E-state index contributed by atoms with van der Waals surface area (Å²) in [4.78, 5) is 2.19. The molecule has 2 atom stereocenters. The molecule has 2 nitrogen and oxygen atoms in total. The fraction of sp³-hybridized carbons (Fsp3) is 1.00. The van der Waals surface area contributed by atoms with Crippen molar-refractivity contribution in [1.82, 2.24) is 4.90 Å². The maximum absolute atomic E-state index is 11.8. The van der Waals surface area contributed by atoms with Crippen LogP contribution in [0.3, 0.4) is 0 Å². The third-order valence-electron chi connectivity index (χ3n) is 2.94. The van der Waals surface area contributed by atoms with Crippen molar-refractivity contribution in [3.63, 3.8) is 0 Å². The lowest BCUT2D eigenvalue weighted by Gasteiger charge is -2.24. The standard InChI is InChI=1S/C10H17BrF3NO/c1-8-2-3-15(9(8)6-11)4-5-16-7-10(12,13)14/h8-9H,2-7H2,1H3. The summed E-state index contributed by atoms with van der Waals surface area (Å²) < 4.78 is 40.1. The third kappa shape index (κ3) is 4.59. The van der Waals surface area contributed by atoms with Crippen LogP contribution in [-0.4, -0.2) is 48.8 Å². The van der Waals surface area contributed by atoms with E-state index in [2.05, 4.69) is 32.5 Å². The first-order valence-electron chi connectivity index (χ1n) is 5.38. The van der Waals surface area contributed by atoms with Crippen molar-refractivity contribution < 1.29 is 17.9 Å². The summed E-state index contributed by atoms with van der Waals surface area (Å²) >= 11 is 3.44. The van der Waals surface area contributed by atoms with Crippen molar-refractivity contribution in [3.8, 4) is 0 Å². The Hall–Kier alpha value is 0.190. The number of halogens is 4. The van der Waals surface area contributed by atoms with Crippen molar-refractivity contribution >= 4 is 15.9 Å². The largest absolute Gasteiger partial charge is 0.411 e. The zero-order chi connectivity index (χ0) is 12.2. The van der Waals surface area contributed by atoms with Crippen LogP contribution in [0.25, 0.3) is 0 Å². The van der Waals surface area contributed by atoms with Gasteiger partial charge in [-0.25, -0.2) is 0 Å². The van der Waals surface area contributed by atoms with Gasteiger partial charge in [0.05, 0.1) is 6.61 Å². The summed E-state index contributed by atoms with van der Waals surface area (Å²) in [5.41, 5.74) is 0. The maximum Gasteiger partial charge on any atom is 0.411 e. The minimum Gasteiger partial charge on any atom is -0.371 e. The molecule has 0 bridgehead atoms. The van der Waals surface area contributed by atoms with Gasteiger partial charge in [0, 0.05) is 17.9 Å². The van der Waals surface area contributed by atoms with Crippen molar-refractivity contribution in [3.05, 3.63) is 0 Å². The van der Waals surface area contributed by atoms with Crippen LogP contribution in [0.2, 0.25) is 0 Å². The number of alkyl halides is 4. The second-order valence-electron chi connectivity index (χ2n) is 4.19. The fourth-order valence-electron chi connectivity index (χ4n) is 1.98. The van der Waals surface area contributed by atoms with Gasteiger partial charge in [-0.3, -0.25) is 4.90 Å². The second kappa shape index (κ2) is 6.21. The smallest absolute Gasteiger partial charge is 0.371 e. The molecule has 1 fully saturated rings. The van der Waals surface area contributed by atoms with E-state index >= 15 is 0 Å². The zero-order valence-corrected chi connectivity index (χ0v) is 10.9. The van der Waals surface area contributed by atoms with E-state index in [9.17, 15) is 13.2 Å². The van der Waals surface area contributed by atoms with Gasteiger partial charge in [0.2, 0.25) is 0 Å². The molecule has 1 heterocycles. The van der Waals surface area contributed by atoms with Crippen molar-refractivity contribution in [1.29, 1.82) is 0 Å². The van der Waals surface area contributed by atoms with Gasteiger partial charge in [-0.15, -0.1) is 0 Å². The molecule has 0 radical (unpaired) electrons. The molecule has 96 valence electrons. The molecule has 0 spiro atoms. The molecule has 0 aliphatic carbocycles. The number of ether oxygens (including phenoxy) is 1. The van der Waals surface area contributed by atoms with Gasteiger partial charge in [-0.2, -0.15) is 13.2 Å². The summed E-state index contributed by atoms with van der Waals surface area (Å²) in [5.74, 6) is 0.599. The molecule has 0 aromatic heterocycles. The van der Waals surface area contributed by atoms with Crippen LogP contribution >= 0.6 is 15.9 Å². The molecular formula is C10H17BrF3NO. The van der Waals surface area contributed by atoms with Crippen molar-refractivity contribution in [2.24, 2.45) is 5.92 Å². The van der Waals surface area contributed by atoms with Crippen molar-refractivity contribution in [2.45, 2.75) is 25.6 Å². The van der Waals surface area contributed by atoms with E-state index < -0.39 is 12.8 Å². The van der Waals surface area contributed by atoms with E-state index in [1.54, 1.807) is 0 Å². The highest BCUT2D eigenvalue weighted by molar-refractivity contribution is 9.09. The van der Waals surface area contributed by atoms with Crippen LogP contribution in [0.5, 0.6) is 0 Å². The number of hydrogen-bond acceptors (Lipinski definition) is 2. The molecule has 1 saturated heterocycles. The summed E-state index contributed by atoms with van der Waals surface area (Å²) in [6.07, 6.45) is -3.11. The SMILES string of the molecule is CC1CCN(CCOCC(F)(F)F)C1CBr. The molecule has 0 saturated carbocycles. The average Bonchev–Trinajstić information content (AvgIpc) is 2.52. The van der Waals surface area contributed by atoms with Crippen LogP contribution in [0, 0.1) is 5.92 Å². The van der Waals surface area contributed by atoms with Crippen LogP contribution < -0.4 is 0 Å². The molecule has 1 rings (SSSR count). The zero-order valence-electron chi connectivity index (χ0n) is 9.26. The number of hydrogen-bond donors (Lipinski definition) is 0. The fourth-order valence-corrected chi connectivity index (χ4v) is 3.03. The van der Waals surface area contributed by atoms with Crippen LogP contribution in [-0.2, 0) is 4.74 Å². The highest BCUT2D eigenvalue weighted by Gasteiger charge is 2.30. The lowest BCUT2D eigenvalue weighted by Crippen LogP contribution is -2.36. The monoisotopic (exact) mass is 303 g/mol. The highest BCUT2D eigenvalue weighted by atomic mass is 79.9. The minimum atomic E-state index is -4.22. The predicted molar refractivity (Wildman–Crippen MR) is 59.8 cm³/mol. The Balaban J connectivity index is 2.18. The van der Waals surface area contributed by atoms with Gasteiger partial charge in [0.15, 0.2) is 0 Å². The van der Waals surface area contributed by atoms with Crippen LogP contribution in [0.4, 0.5) is 13.2 Å². The Bertz CT molecular complexity index is 213. The van der Waals surface area contributed by atoms with E-state index in [-0.39, 0.29) is 6.61 Å². The summed E-state index contributed by atoms with van der Waals surface area (Å²) in [5, 5.41) is 0.868.